The molecule has 0 radical (unpaired) electrons. The standard InChI is InChI=1S/C29H32F3N3O2/c1-20(9-14-26-25(28(33)36)8-5-17-34-26)35-18-15-22(16-19-35)27(37-24-6-3-2-4-7-24)21-10-12-23(13-11-21)29(30,31)32/h2-8,10-13,17,20,22,27H,9,14-16,18-19H2,1H3,(H2,33,36). The van der Waals surface area contributed by atoms with Crippen molar-refractivity contribution >= 4 is 5.91 Å². The molecule has 2 atom stereocenters. The number of para-hydroxylation sites is 1. The summed E-state index contributed by atoms with van der Waals surface area (Å²) >= 11 is 0. The van der Waals surface area contributed by atoms with Crippen LogP contribution in [0, 0.1) is 5.92 Å². The van der Waals surface area contributed by atoms with Gasteiger partial charge in [0.25, 0.3) is 5.91 Å². The molecule has 0 saturated carbocycles. The van der Waals surface area contributed by atoms with E-state index in [9.17, 15) is 18.0 Å². The fraction of sp³-hybridized carbons (Fsp3) is 0.379. The molecule has 37 heavy (non-hydrogen) atoms. The third-order valence-corrected chi connectivity index (χ3v) is 7.15. The Morgan fingerprint density at radius 2 is 1.73 bits per heavy atom. The lowest BCUT2D eigenvalue weighted by Gasteiger charge is -2.39. The summed E-state index contributed by atoms with van der Waals surface area (Å²) in [4.78, 5) is 18.4. The van der Waals surface area contributed by atoms with Gasteiger partial charge < -0.3 is 15.4 Å². The Morgan fingerprint density at radius 1 is 1.05 bits per heavy atom. The van der Waals surface area contributed by atoms with Gasteiger partial charge in [0.2, 0.25) is 0 Å². The lowest BCUT2D eigenvalue weighted by molar-refractivity contribution is -0.137. The van der Waals surface area contributed by atoms with Crippen molar-refractivity contribution < 1.29 is 22.7 Å². The Kier molecular flexibility index (Phi) is 8.48. The van der Waals surface area contributed by atoms with Gasteiger partial charge in [-0.3, -0.25) is 9.78 Å². The van der Waals surface area contributed by atoms with Gasteiger partial charge in [0.1, 0.15) is 11.9 Å². The number of likely N-dealkylation sites (tertiary alicyclic amines) is 1. The molecule has 1 aromatic heterocycles. The molecule has 0 bridgehead atoms. The number of nitrogens with zero attached hydrogens (tertiary/aromatic N) is 2. The summed E-state index contributed by atoms with van der Waals surface area (Å²) in [5.41, 5.74) is 6.75. The van der Waals surface area contributed by atoms with Crippen LogP contribution >= 0.6 is 0 Å². The number of piperidine rings is 1. The van der Waals surface area contributed by atoms with Gasteiger partial charge in [-0.2, -0.15) is 13.2 Å². The number of hydrogen-bond acceptors (Lipinski definition) is 4. The highest BCUT2D eigenvalue weighted by Crippen LogP contribution is 2.37. The van der Waals surface area contributed by atoms with Crippen molar-refractivity contribution in [3.63, 3.8) is 0 Å². The third kappa shape index (κ3) is 6.89. The number of alkyl halides is 3. The largest absolute Gasteiger partial charge is 0.485 e. The third-order valence-electron chi connectivity index (χ3n) is 7.15. The maximum Gasteiger partial charge on any atom is 0.416 e. The number of primary amides is 1. The van der Waals surface area contributed by atoms with Crippen LogP contribution in [0.4, 0.5) is 13.2 Å². The van der Waals surface area contributed by atoms with E-state index >= 15 is 0 Å². The zero-order chi connectivity index (χ0) is 26.4. The summed E-state index contributed by atoms with van der Waals surface area (Å²) in [6, 6.07) is 18.4. The smallest absolute Gasteiger partial charge is 0.416 e. The second-order valence-corrected chi connectivity index (χ2v) is 9.59. The molecule has 2 aromatic carbocycles. The van der Waals surface area contributed by atoms with E-state index in [1.807, 2.05) is 30.3 Å². The molecule has 1 aliphatic heterocycles. The Balaban J connectivity index is 1.41. The van der Waals surface area contributed by atoms with Crippen LogP contribution in [-0.4, -0.2) is 34.9 Å². The summed E-state index contributed by atoms with van der Waals surface area (Å²) in [7, 11) is 0. The van der Waals surface area contributed by atoms with Gasteiger partial charge >= 0.3 is 6.18 Å². The Morgan fingerprint density at radius 3 is 2.35 bits per heavy atom. The molecule has 2 unspecified atom stereocenters. The minimum Gasteiger partial charge on any atom is -0.485 e. The van der Waals surface area contributed by atoms with Gasteiger partial charge in [-0.25, -0.2) is 0 Å². The molecular formula is C29H32F3N3O2. The van der Waals surface area contributed by atoms with E-state index < -0.39 is 17.6 Å². The molecule has 2 N–H and O–H groups in total. The maximum atomic E-state index is 13.1. The molecule has 2 heterocycles. The van der Waals surface area contributed by atoms with Gasteiger partial charge in [0.05, 0.1) is 16.8 Å². The molecule has 3 aromatic rings. The fourth-order valence-electron chi connectivity index (χ4n) is 5.00. The van der Waals surface area contributed by atoms with Crippen molar-refractivity contribution in [3.05, 3.63) is 95.3 Å². The number of hydrogen-bond donors (Lipinski definition) is 1. The first kappa shape index (κ1) is 26.7. The molecular weight excluding hydrogens is 479 g/mol. The summed E-state index contributed by atoms with van der Waals surface area (Å²) in [5.74, 6) is 0.394. The molecule has 1 aliphatic rings. The highest BCUT2D eigenvalue weighted by Gasteiger charge is 2.33. The van der Waals surface area contributed by atoms with Crippen molar-refractivity contribution in [2.45, 2.75) is 50.9 Å². The highest BCUT2D eigenvalue weighted by atomic mass is 19.4. The number of nitrogens with two attached hydrogens (primary N) is 1. The van der Waals surface area contributed by atoms with E-state index in [0.717, 1.165) is 55.7 Å². The summed E-state index contributed by atoms with van der Waals surface area (Å²) < 4.78 is 45.7. The van der Waals surface area contributed by atoms with Gasteiger partial charge in [0, 0.05) is 18.2 Å². The topological polar surface area (TPSA) is 68.5 Å². The summed E-state index contributed by atoms with van der Waals surface area (Å²) in [6.45, 7) is 3.87. The Labute approximate surface area is 215 Å². The number of carbonyl (C=O) groups excluding carboxylic acids is 1. The van der Waals surface area contributed by atoms with Crippen LogP contribution in [0.2, 0.25) is 0 Å². The van der Waals surface area contributed by atoms with Crippen LogP contribution in [0.25, 0.3) is 0 Å². The zero-order valence-electron chi connectivity index (χ0n) is 20.8. The number of aromatic nitrogens is 1. The number of carbonyl (C=O) groups is 1. The molecule has 0 aliphatic carbocycles. The van der Waals surface area contributed by atoms with E-state index in [2.05, 4.69) is 16.8 Å². The molecule has 196 valence electrons. The SMILES string of the molecule is CC(CCc1ncccc1C(N)=O)N1CCC(C(Oc2ccccc2)c2ccc(C(F)(F)F)cc2)CC1. The summed E-state index contributed by atoms with van der Waals surface area (Å²) in [6.07, 6.45) is 0.178. The van der Waals surface area contributed by atoms with Crippen LogP contribution in [0.15, 0.2) is 72.9 Å². The minimum absolute atomic E-state index is 0.164. The van der Waals surface area contributed by atoms with Gasteiger partial charge in [-0.05, 0) is 87.7 Å². The van der Waals surface area contributed by atoms with Crippen molar-refractivity contribution in [2.24, 2.45) is 11.7 Å². The number of aryl methyl sites for hydroxylation is 1. The van der Waals surface area contributed by atoms with Crippen LogP contribution in [0.3, 0.4) is 0 Å². The molecule has 1 amide bonds. The predicted octanol–water partition coefficient (Wildman–Crippen LogP) is 6.05. The first-order chi connectivity index (χ1) is 17.7. The second-order valence-electron chi connectivity index (χ2n) is 9.59. The lowest BCUT2D eigenvalue weighted by Crippen LogP contribution is -2.42. The van der Waals surface area contributed by atoms with E-state index in [1.165, 1.54) is 12.1 Å². The van der Waals surface area contributed by atoms with E-state index in [1.54, 1.807) is 18.3 Å². The number of pyridine rings is 1. The zero-order valence-corrected chi connectivity index (χ0v) is 20.8. The molecule has 8 heteroatoms. The van der Waals surface area contributed by atoms with Crippen molar-refractivity contribution in [2.75, 3.05) is 13.1 Å². The van der Waals surface area contributed by atoms with E-state index in [-0.39, 0.29) is 18.1 Å². The molecule has 0 spiro atoms. The van der Waals surface area contributed by atoms with Crippen molar-refractivity contribution in [1.82, 2.24) is 9.88 Å². The first-order valence-corrected chi connectivity index (χ1v) is 12.6. The molecule has 4 rings (SSSR count). The first-order valence-electron chi connectivity index (χ1n) is 12.6. The van der Waals surface area contributed by atoms with Crippen molar-refractivity contribution in [3.8, 4) is 5.75 Å². The predicted molar refractivity (Wildman–Crippen MR) is 136 cm³/mol. The number of ether oxygens (including phenoxy) is 1. The van der Waals surface area contributed by atoms with E-state index in [0.29, 0.717) is 17.7 Å². The molecule has 1 fully saturated rings. The number of halogens is 3. The van der Waals surface area contributed by atoms with Crippen molar-refractivity contribution in [1.29, 1.82) is 0 Å². The highest BCUT2D eigenvalue weighted by molar-refractivity contribution is 5.93. The van der Waals surface area contributed by atoms with Crippen LogP contribution in [0.1, 0.15) is 59.5 Å². The van der Waals surface area contributed by atoms with Crippen LogP contribution in [0.5, 0.6) is 5.75 Å². The molecule has 1 saturated heterocycles. The monoisotopic (exact) mass is 511 g/mol. The lowest BCUT2D eigenvalue weighted by atomic mass is 9.86. The number of benzene rings is 2. The number of amides is 1. The molecule has 5 nitrogen and oxygen atoms in total. The normalized spacial score (nSPS) is 16.8. The van der Waals surface area contributed by atoms with Gasteiger partial charge in [0.15, 0.2) is 0 Å². The summed E-state index contributed by atoms with van der Waals surface area (Å²) in [5, 5.41) is 0. The van der Waals surface area contributed by atoms with Gasteiger partial charge in [-0.1, -0.05) is 30.3 Å². The minimum atomic E-state index is -4.37. The quantitative estimate of drug-likeness (QED) is 0.380. The maximum absolute atomic E-state index is 13.1. The van der Waals surface area contributed by atoms with Gasteiger partial charge in [-0.15, -0.1) is 0 Å². The van der Waals surface area contributed by atoms with Crippen LogP contribution < -0.4 is 10.5 Å². The fourth-order valence-corrected chi connectivity index (χ4v) is 5.00. The van der Waals surface area contributed by atoms with E-state index in [4.69, 9.17) is 10.5 Å². The average Bonchev–Trinajstić information content (AvgIpc) is 2.91. The Hall–Kier alpha value is -3.39. The number of rotatable bonds is 9. The Bertz CT molecular complexity index is 1160. The van der Waals surface area contributed by atoms with Crippen LogP contribution in [-0.2, 0) is 12.6 Å². The average molecular weight is 512 g/mol. The second kappa shape index (κ2) is 11.8.